The number of amides is 1. The Hall–Kier alpha value is -2.21. The van der Waals surface area contributed by atoms with Crippen molar-refractivity contribution in [1.82, 2.24) is 20.4 Å². The van der Waals surface area contributed by atoms with E-state index in [9.17, 15) is 4.79 Å². The second-order valence-electron chi connectivity index (χ2n) is 6.37. The van der Waals surface area contributed by atoms with E-state index >= 15 is 0 Å². The minimum absolute atomic E-state index is 0.0516. The summed E-state index contributed by atoms with van der Waals surface area (Å²) in [6.45, 7) is 2.41. The molecule has 1 saturated carbocycles. The summed E-state index contributed by atoms with van der Waals surface area (Å²) in [5.41, 5.74) is 1.17. The zero-order chi connectivity index (χ0) is 15.7. The van der Waals surface area contributed by atoms with E-state index in [-0.39, 0.29) is 11.3 Å². The number of hydrogen-bond acceptors (Lipinski definition) is 5. The lowest BCUT2D eigenvalue weighted by Gasteiger charge is -2.39. The molecular weight excluding hydrogens is 292 g/mol. The summed E-state index contributed by atoms with van der Waals surface area (Å²) in [4.78, 5) is 18.1. The van der Waals surface area contributed by atoms with Gasteiger partial charge in [-0.25, -0.2) is 0 Å². The Morgan fingerprint density at radius 3 is 2.78 bits per heavy atom. The van der Waals surface area contributed by atoms with Crippen LogP contribution in [0, 0.1) is 0 Å². The van der Waals surface area contributed by atoms with Crippen LogP contribution in [0.15, 0.2) is 34.9 Å². The van der Waals surface area contributed by atoms with Gasteiger partial charge in [-0.3, -0.25) is 9.69 Å². The molecule has 1 saturated heterocycles. The maximum absolute atomic E-state index is 11.4. The molecule has 120 valence electrons. The second-order valence-corrected chi connectivity index (χ2v) is 6.37. The van der Waals surface area contributed by atoms with Crippen molar-refractivity contribution in [1.29, 1.82) is 0 Å². The molecule has 0 radical (unpaired) electrons. The first-order valence-corrected chi connectivity index (χ1v) is 8.14. The summed E-state index contributed by atoms with van der Waals surface area (Å²) >= 11 is 0. The van der Waals surface area contributed by atoms with Crippen LogP contribution in [0.25, 0.3) is 0 Å². The van der Waals surface area contributed by atoms with Crippen LogP contribution in [0.2, 0.25) is 0 Å². The Labute approximate surface area is 134 Å². The number of hydrogen-bond donors (Lipinski definition) is 1. The van der Waals surface area contributed by atoms with Crippen LogP contribution in [-0.4, -0.2) is 40.6 Å². The third-order valence-corrected chi connectivity index (χ3v) is 4.91. The summed E-state index contributed by atoms with van der Waals surface area (Å²) in [7, 11) is 0. The predicted octanol–water partition coefficient (Wildman–Crippen LogP) is 1.47. The predicted molar refractivity (Wildman–Crippen MR) is 83.7 cm³/mol. The van der Waals surface area contributed by atoms with Gasteiger partial charge < -0.3 is 9.84 Å². The molecule has 23 heavy (non-hydrogen) atoms. The molecule has 1 aliphatic heterocycles. The average Bonchev–Trinajstić information content (AvgIpc) is 2.96. The summed E-state index contributed by atoms with van der Waals surface area (Å²) in [6, 6.07) is 10.4. The van der Waals surface area contributed by atoms with Crippen LogP contribution in [-0.2, 0) is 16.8 Å². The number of carbonyl (C=O) groups excluding carboxylic acids is 1. The highest BCUT2D eigenvalue weighted by Crippen LogP contribution is 2.47. The third kappa shape index (κ3) is 2.63. The van der Waals surface area contributed by atoms with Crippen molar-refractivity contribution in [2.45, 2.75) is 31.2 Å². The fraction of sp³-hybridized carbons (Fsp3) is 0.471. The van der Waals surface area contributed by atoms with Crippen molar-refractivity contribution >= 4 is 5.91 Å². The molecule has 0 bridgehead atoms. The van der Waals surface area contributed by atoms with Crippen LogP contribution in [0.1, 0.15) is 36.5 Å². The standard InChI is InChI=1S/C17H20N4O2/c22-14-11-21(10-9-18-14)12-15-19-16(20-23-15)17(7-4-8-17)13-5-2-1-3-6-13/h1-3,5-6H,4,7-12H2,(H,18,22). The smallest absolute Gasteiger partial charge is 0.240 e. The Morgan fingerprint density at radius 2 is 2.09 bits per heavy atom. The number of piperazine rings is 1. The summed E-state index contributed by atoms with van der Waals surface area (Å²) in [5, 5.41) is 7.08. The van der Waals surface area contributed by atoms with Gasteiger partial charge in [0.15, 0.2) is 5.82 Å². The molecule has 1 aromatic carbocycles. The number of benzene rings is 1. The average molecular weight is 312 g/mol. The third-order valence-electron chi connectivity index (χ3n) is 4.91. The van der Waals surface area contributed by atoms with E-state index < -0.39 is 0 Å². The van der Waals surface area contributed by atoms with Gasteiger partial charge in [0, 0.05) is 13.1 Å². The maximum Gasteiger partial charge on any atom is 0.240 e. The zero-order valence-corrected chi connectivity index (χ0v) is 13.0. The van der Waals surface area contributed by atoms with Crippen molar-refractivity contribution in [3.8, 4) is 0 Å². The summed E-state index contributed by atoms with van der Waals surface area (Å²) < 4.78 is 5.47. The lowest BCUT2D eigenvalue weighted by molar-refractivity contribution is -0.124. The Bertz CT molecular complexity index is 694. The minimum Gasteiger partial charge on any atom is -0.354 e. The number of nitrogens with one attached hydrogen (secondary N) is 1. The first-order valence-electron chi connectivity index (χ1n) is 8.14. The molecule has 6 heteroatoms. The van der Waals surface area contributed by atoms with Gasteiger partial charge in [-0.15, -0.1) is 0 Å². The lowest BCUT2D eigenvalue weighted by atomic mass is 9.64. The fourth-order valence-electron chi connectivity index (χ4n) is 3.46. The highest BCUT2D eigenvalue weighted by Gasteiger charge is 2.44. The van der Waals surface area contributed by atoms with E-state index in [1.165, 1.54) is 12.0 Å². The zero-order valence-electron chi connectivity index (χ0n) is 13.0. The Kier molecular flexibility index (Phi) is 3.61. The van der Waals surface area contributed by atoms with Crippen molar-refractivity contribution < 1.29 is 9.32 Å². The number of rotatable bonds is 4. The highest BCUT2D eigenvalue weighted by molar-refractivity contribution is 5.78. The molecule has 1 amide bonds. The SMILES string of the molecule is O=C1CN(Cc2nc(C3(c4ccccc4)CCC3)no2)CCN1. The van der Waals surface area contributed by atoms with Gasteiger partial charge in [0.25, 0.3) is 0 Å². The molecule has 0 unspecified atom stereocenters. The van der Waals surface area contributed by atoms with E-state index in [0.29, 0.717) is 25.5 Å². The quantitative estimate of drug-likeness (QED) is 0.926. The van der Waals surface area contributed by atoms with E-state index in [1.54, 1.807) is 0 Å². The molecule has 2 aliphatic rings. The Morgan fingerprint density at radius 1 is 1.26 bits per heavy atom. The van der Waals surface area contributed by atoms with Gasteiger partial charge in [0.1, 0.15) is 0 Å². The normalized spacial score (nSPS) is 20.8. The van der Waals surface area contributed by atoms with Crippen LogP contribution < -0.4 is 5.32 Å². The molecule has 0 spiro atoms. The largest absolute Gasteiger partial charge is 0.354 e. The molecule has 1 N–H and O–H groups in total. The van der Waals surface area contributed by atoms with Crippen LogP contribution in [0.5, 0.6) is 0 Å². The van der Waals surface area contributed by atoms with Crippen LogP contribution >= 0.6 is 0 Å². The molecule has 0 atom stereocenters. The number of carbonyl (C=O) groups is 1. The second kappa shape index (κ2) is 5.77. The molecule has 6 nitrogen and oxygen atoms in total. The fourth-order valence-corrected chi connectivity index (χ4v) is 3.46. The molecule has 1 aliphatic carbocycles. The number of nitrogens with zero attached hydrogens (tertiary/aromatic N) is 3. The molecule has 2 aromatic rings. The van der Waals surface area contributed by atoms with Crippen molar-refractivity contribution in [2.24, 2.45) is 0 Å². The number of aromatic nitrogens is 2. The van der Waals surface area contributed by atoms with E-state index in [2.05, 4.69) is 39.7 Å². The molecule has 2 heterocycles. The van der Waals surface area contributed by atoms with Crippen molar-refractivity contribution in [3.05, 3.63) is 47.6 Å². The van der Waals surface area contributed by atoms with Crippen LogP contribution in [0.3, 0.4) is 0 Å². The van der Waals surface area contributed by atoms with Gasteiger partial charge in [-0.05, 0) is 18.4 Å². The summed E-state index contributed by atoms with van der Waals surface area (Å²) in [6.07, 6.45) is 3.30. The first kappa shape index (κ1) is 14.4. The van der Waals surface area contributed by atoms with E-state index in [0.717, 1.165) is 25.2 Å². The first-order chi connectivity index (χ1) is 11.3. The van der Waals surface area contributed by atoms with E-state index in [4.69, 9.17) is 4.52 Å². The molecule has 2 fully saturated rings. The topological polar surface area (TPSA) is 71.3 Å². The van der Waals surface area contributed by atoms with Gasteiger partial charge >= 0.3 is 0 Å². The van der Waals surface area contributed by atoms with Crippen LogP contribution in [0.4, 0.5) is 0 Å². The highest BCUT2D eigenvalue weighted by atomic mass is 16.5. The maximum atomic E-state index is 11.4. The minimum atomic E-state index is -0.0950. The van der Waals surface area contributed by atoms with Gasteiger partial charge in [0.05, 0.1) is 18.5 Å². The van der Waals surface area contributed by atoms with Crippen molar-refractivity contribution in [3.63, 3.8) is 0 Å². The molecule has 4 rings (SSSR count). The van der Waals surface area contributed by atoms with Gasteiger partial charge in [-0.2, -0.15) is 4.98 Å². The van der Waals surface area contributed by atoms with E-state index in [1.807, 2.05) is 11.0 Å². The monoisotopic (exact) mass is 312 g/mol. The Balaban J connectivity index is 1.54. The van der Waals surface area contributed by atoms with Crippen molar-refractivity contribution in [2.75, 3.05) is 19.6 Å². The lowest BCUT2D eigenvalue weighted by Crippen LogP contribution is -2.47. The molecular formula is C17H20N4O2. The van der Waals surface area contributed by atoms with Gasteiger partial charge in [0.2, 0.25) is 11.8 Å². The molecule has 1 aromatic heterocycles. The van der Waals surface area contributed by atoms with Gasteiger partial charge in [-0.1, -0.05) is 41.9 Å². The summed E-state index contributed by atoms with van der Waals surface area (Å²) in [5.74, 6) is 1.43.